The molecule has 1 aromatic carbocycles. The van der Waals surface area contributed by atoms with Gasteiger partial charge in [0.15, 0.2) is 11.8 Å². The molecule has 148 valence electrons. The summed E-state index contributed by atoms with van der Waals surface area (Å²) in [7, 11) is 1.96. The van der Waals surface area contributed by atoms with Crippen LogP contribution in [0.25, 0.3) is 0 Å². The fourth-order valence-electron chi connectivity index (χ4n) is 2.59. The highest BCUT2D eigenvalue weighted by Gasteiger charge is 2.08. The van der Waals surface area contributed by atoms with Crippen molar-refractivity contribution in [2.45, 2.75) is 39.7 Å². The van der Waals surface area contributed by atoms with Crippen molar-refractivity contribution in [3.63, 3.8) is 0 Å². The summed E-state index contributed by atoms with van der Waals surface area (Å²) in [5.74, 6) is 2.91. The Kier molecular flexibility index (Phi) is 8.77. The predicted molar refractivity (Wildman–Crippen MR) is 109 cm³/mol. The summed E-state index contributed by atoms with van der Waals surface area (Å²) in [6.45, 7) is 9.75. The van der Waals surface area contributed by atoms with Crippen molar-refractivity contribution in [3.8, 4) is 0 Å². The van der Waals surface area contributed by atoms with E-state index in [1.807, 2.05) is 31.5 Å². The fraction of sp³-hybridized carbons (Fsp3) is 0.550. The number of nitrogens with zero attached hydrogens (tertiary/aromatic N) is 4. The van der Waals surface area contributed by atoms with Gasteiger partial charge >= 0.3 is 0 Å². The second-order valence-electron chi connectivity index (χ2n) is 6.56. The molecule has 27 heavy (non-hydrogen) atoms. The van der Waals surface area contributed by atoms with Gasteiger partial charge in [0.2, 0.25) is 0 Å². The van der Waals surface area contributed by atoms with Gasteiger partial charge in [0.25, 0.3) is 0 Å². The topological polar surface area (TPSA) is 76.4 Å². The van der Waals surface area contributed by atoms with Gasteiger partial charge in [0, 0.05) is 33.4 Å². The second-order valence-corrected chi connectivity index (χ2v) is 6.56. The molecule has 0 bridgehead atoms. The zero-order valence-corrected chi connectivity index (χ0v) is 16.9. The molecule has 7 heteroatoms. The first-order valence-electron chi connectivity index (χ1n) is 9.61. The molecule has 2 N–H and O–H groups in total. The summed E-state index contributed by atoms with van der Waals surface area (Å²) in [6.07, 6.45) is 0.936. The third-order valence-corrected chi connectivity index (χ3v) is 4.47. The lowest BCUT2D eigenvalue weighted by atomic mass is 10.0. The normalized spacial score (nSPS) is 12.8. The maximum absolute atomic E-state index is 5.40. The lowest BCUT2D eigenvalue weighted by Crippen LogP contribution is -2.40. The van der Waals surface area contributed by atoms with E-state index in [1.54, 1.807) is 0 Å². The van der Waals surface area contributed by atoms with Gasteiger partial charge in [-0.15, -0.1) is 10.2 Å². The molecule has 0 spiro atoms. The number of aromatic nitrogens is 3. The highest BCUT2D eigenvalue weighted by molar-refractivity contribution is 5.79. The van der Waals surface area contributed by atoms with Gasteiger partial charge in [-0.3, -0.25) is 0 Å². The Morgan fingerprint density at radius 3 is 2.67 bits per heavy atom. The van der Waals surface area contributed by atoms with Gasteiger partial charge in [0.05, 0.1) is 0 Å². The first kappa shape index (κ1) is 20.9. The number of ether oxygens (including phenoxy) is 1. The molecule has 1 aromatic heterocycles. The minimum absolute atomic E-state index is 0.388. The molecule has 7 nitrogen and oxygen atoms in total. The SMILES string of the molecule is CCOCCCNC(=NCc1nnc(C)n1C)NCC(C)c1ccccc1. The molecule has 0 saturated carbocycles. The van der Waals surface area contributed by atoms with Crippen LogP contribution in [0.15, 0.2) is 35.3 Å². The molecular weight excluding hydrogens is 340 g/mol. The number of aliphatic imine (C=N–C) groups is 1. The first-order valence-corrected chi connectivity index (χ1v) is 9.61. The molecule has 0 saturated heterocycles. The smallest absolute Gasteiger partial charge is 0.191 e. The molecule has 0 aliphatic rings. The minimum atomic E-state index is 0.388. The van der Waals surface area contributed by atoms with Crippen LogP contribution < -0.4 is 10.6 Å². The zero-order valence-electron chi connectivity index (χ0n) is 16.9. The van der Waals surface area contributed by atoms with Gasteiger partial charge in [-0.25, -0.2) is 4.99 Å². The molecule has 1 atom stereocenters. The van der Waals surface area contributed by atoms with Crippen molar-refractivity contribution in [2.75, 3.05) is 26.3 Å². The van der Waals surface area contributed by atoms with E-state index >= 15 is 0 Å². The summed E-state index contributed by atoms with van der Waals surface area (Å²) >= 11 is 0. The van der Waals surface area contributed by atoms with Crippen LogP contribution in [0.4, 0.5) is 0 Å². The van der Waals surface area contributed by atoms with Crippen LogP contribution >= 0.6 is 0 Å². The first-order chi connectivity index (χ1) is 13.1. The molecular formula is C20H32N6O. The van der Waals surface area contributed by atoms with Crippen molar-refractivity contribution in [3.05, 3.63) is 47.5 Å². The summed E-state index contributed by atoms with van der Waals surface area (Å²) in [6, 6.07) is 10.5. The van der Waals surface area contributed by atoms with E-state index in [-0.39, 0.29) is 0 Å². The maximum atomic E-state index is 5.40. The van der Waals surface area contributed by atoms with E-state index < -0.39 is 0 Å². The number of aryl methyl sites for hydroxylation is 1. The van der Waals surface area contributed by atoms with Gasteiger partial charge < -0.3 is 19.9 Å². The van der Waals surface area contributed by atoms with E-state index in [2.05, 4.69) is 57.0 Å². The Morgan fingerprint density at radius 2 is 2.00 bits per heavy atom. The lowest BCUT2D eigenvalue weighted by Gasteiger charge is -2.17. The Labute approximate surface area is 162 Å². The number of rotatable bonds is 10. The summed E-state index contributed by atoms with van der Waals surface area (Å²) in [5.41, 5.74) is 1.31. The van der Waals surface area contributed by atoms with Crippen LogP contribution in [0.2, 0.25) is 0 Å². The number of nitrogens with one attached hydrogen (secondary N) is 2. The van der Waals surface area contributed by atoms with Crippen LogP contribution in [0, 0.1) is 6.92 Å². The van der Waals surface area contributed by atoms with Crippen LogP contribution in [0.5, 0.6) is 0 Å². The highest BCUT2D eigenvalue weighted by atomic mass is 16.5. The quantitative estimate of drug-likeness (QED) is 0.380. The van der Waals surface area contributed by atoms with Gasteiger partial charge in [0.1, 0.15) is 12.4 Å². The number of hydrogen-bond acceptors (Lipinski definition) is 4. The van der Waals surface area contributed by atoms with Crippen LogP contribution in [-0.2, 0) is 18.3 Å². The van der Waals surface area contributed by atoms with Crippen LogP contribution in [0.3, 0.4) is 0 Å². The summed E-state index contributed by atoms with van der Waals surface area (Å²) in [5, 5.41) is 15.1. The Hall–Kier alpha value is -2.41. The lowest BCUT2D eigenvalue weighted by molar-refractivity contribution is 0.145. The van der Waals surface area contributed by atoms with Crippen molar-refractivity contribution < 1.29 is 4.74 Å². The molecule has 0 aliphatic heterocycles. The fourth-order valence-corrected chi connectivity index (χ4v) is 2.59. The molecule has 1 heterocycles. The molecule has 0 radical (unpaired) electrons. The third kappa shape index (κ3) is 7.02. The van der Waals surface area contributed by atoms with Crippen LogP contribution in [-0.4, -0.2) is 47.0 Å². The van der Waals surface area contributed by atoms with Gasteiger partial charge in [-0.1, -0.05) is 37.3 Å². The van der Waals surface area contributed by atoms with Crippen molar-refractivity contribution >= 4 is 5.96 Å². The Morgan fingerprint density at radius 1 is 1.22 bits per heavy atom. The number of guanidine groups is 1. The zero-order chi connectivity index (χ0) is 19.5. The maximum Gasteiger partial charge on any atom is 0.191 e. The summed E-state index contributed by atoms with van der Waals surface area (Å²) in [4.78, 5) is 4.68. The summed E-state index contributed by atoms with van der Waals surface area (Å²) < 4.78 is 7.36. The van der Waals surface area contributed by atoms with Crippen molar-refractivity contribution in [2.24, 2.45) is 12.0 Å². The average molecular weight is 373 g/mol. The third-order valence-electron chi connectivity index (χ3n) is 4.47. The van der Waals surface area contributed by atoms with E-state index in [4.69, 9.17) is 4.74 Å². The Bertz CT molecular complexity index is 698. The minimum Gasteiger partial charge on any atom is -0.382 e. The number of benzene rings is 1. The molecule has 0 amide bonds. The van der Waals surface area contributed by atoms with Crippen molar-refractivity contribution in [1.82, 2.24) is 25.4 Å². The molecule has 1 unspecified atom stereocenters. The van der Waals surface area contributed by atoms with E-state index in [1.165, 1.54) is 5.56 Å². The monoisotopic (exact) mass is 372 g/mol. The largest absolute Gasteiger partial charge is 0.382 e. The molecule has 2 rings (SSSR count). The van der Waals surface area contributed by atoms with Gasteiger partial charge in [-0.2, -0.15) is 0 Å². The van der Waals surface area contributed by atoms with Crippen molar-refractivity contribution in [1.29, 1.82) is 0 Å². The van der Waals surface area contributed by atoms with Crippen LogP contribution in [0.1, 0.15) is 43.4 Å². The molecule has 2 aromatic rings. The van der Waals surface area contributed by atoms with E-state index in [0.29, 0.717) is 12.5 Å². The average Bonchev–Trinajstić information content (AvgIpc) is 3.01. The standard InChI is InChI=1S/C20H32N6O/c1-5-27-13-9-12-21-20(23-15-19-25-24-17(3)26(19)4)22-14-16(2)18-10-7-6-8-11-18/h6-8,10-11,16H,5,9,12-15H2,1-4H3,(H2,21,22,23). The Balaban J connectivity index is 1.93. The highest BCUT2D eigenvalue weighted by Crippen LogP contribution is 2.12. The van der Waals surface area contributed by atoms with Gasteiger partial charge in [-0.05, 0) is 31.7 Å². The van der Waals surface area contributed by atoms with E-state index in [9.17, 15) is 0 Å². The second kappa shape index (κ2) is 11.3. The molecule has 0 aliphatic carbocycles. The predicted octanol–water partition coefficient (Wildman–Crippen LogP) is 2.39. The van der Waals surface area contributed by atoms with E-state index in [0.717, 1.165) is 50.3 Å². The number of hydrogen-bond donors (Lipinski definition) is 2. The molecule has 0 fully saturated rings.